The molecule has 6 aromatic rings. The monoisotopic (exact) mass is 542 g/mol. The lowest BCUT2D eigenvalue weighted by molar-refractivity contribution is 0.399. The Hall–Kier alpha value is -4.28. The lowest BCUT2D eigenvalue weighted by atomic mass is 10.2. The maximum Gasteiger partial charge on any atom is 0.259 e. The van der Waals surface area contributed by atoms with Crippen LogP contribution in [-0.2, 0) is 14.1 Å². The minimum atomic E-state index is -0.0904. The maximum absolute atomic E-state index is 13.2. The summed E-state index contributed by atoms with van der Waals surface area (Å²) in [6, 6.07) is 18.7. The van der Waals surface area contributed by atoms with Crippen molar-refractivity contribution in [3.8, 4) is 42.4 Å². The fraction of sp³-hybridized carbons (Fsp3) is 0.143. The van der Waals surface area contributed by atoms with E-state index in [1.807, 2.05) is 48.5 Å². The van der Waals surface area contributed by atoms with Crippen LogP contribution in [0.15, 0.2) is 70.3 Å². The summed E-state index contributed by atoms with van der Waals surface area (Å²) in [5.74, 6) is 0.988. The third-order valence-corrected chi connectivity index (χ3v) is 8.95. The molecule has 0 N–H and O–H groups in total. The summed E-state index contributed by atoms with van der Waals surface area (Å²) in [6.07, 6.45) is 0. The van der Waals surface area contributed by atoms with E-state index in [-0.39, 0.29) is 11.1 Å². The summed E-state index contributed by atoms with van der Waals surface area (Å²) in [7, 11) is 6.63. The van der Waals surface area contributed by atoms with E-state index in [9.17, 15) is 9.59 Å². The van der Waals surface area contributed by atoms with E-state index < -0.39 is 0 Å². The van der Waals surface area contributed by atoms with Gasteiger partial charge >= 0.3 is 0 Å². The number of hydrogen-bond donors (Lipinski definition) is 0. The Bertz CT molecular complexity index is 1840. The molecule has 0 fully saturated rings. The molecule has 0 radical (unpaired) electrons. The summed E-state index contributed by atoms with van der Waals surface area (Å²) in [6.45, 7) is 0. The predicted molar refractivity (Wildman–Crippen MR) is 153 cm³/mol. The molecule has 38 heavy (non-hydrogen) atoms. The van der Waals surface area contributed by atoms with Gasteiger partial charge in [-0.1, -0.05) is 0 Å². The number of methoxy groups -OCH3 is 2. The molecule has 0 bridgehead atoms. The van der Waals surface area contributed by atoms with Crippen molar-refractivity contribution in [2.45, 2.75) is 0 Å². The van der Waals surface area contributed by atoms with Gasteiger partial charge in [0.1, 0.15) is 0 Å². The van der Waals surface area contributed by atoms with Gasteiger partial charge in [-0.3, -0.25) is 9.59 Å². The summed E-state index contributed by atoms with van der Waals surface area (Å²) >= 11 is 3.06. The summed E-state index contributed by atoms with van der Waals surface area (Å²) in [5, 5.41) is 0. The molecule has 0 aliphatic heterocycles. The van der Waals surface area contributed by atoms with Gasteiger partial charge in [0.15, 0.2) is 0 Å². The summed E-state index contributed by atoms with van der Waals surface area (Å²) < 4.78 is 13.7. The van der Waals surface area contributed by atoms with Gasteiger partial charge in [0.05, 0.1) is 47.4 Å². The summed E-state index contributed by atoms with van der Waals surface area (Å²) in [4.78, 5) is 39.0. The summed E-state index contributed by atoms with van der Waals surface area (Å²) in [5.41, 5.74) is 3.83. The number of pyridine rings is 4. The molecule has 0 aromatic carbocycles. The molecule has 0 spiro atoms. The Morgan fingerprint density at radius 1 is 0.605 bits per heavy atom. The van der Waals surface area contributed by atoms with Crippen molar-refractivity contribution in [3.63, 3.8) is 0 Å². The average molecular weight is 543 g/mol. The largest absolute Gasteiger partial charge is 0.481 e. The number of thiophene rings is 2. The fourth-order valence-corrected chi connectivity index (χ4v) is 6.58. The van der Waals surface area contributed by atoms with E-state index in [0.717, 1.165) is 30.5 Å². The minimum Gasteiger partial charge on any atom is -0.481 e. The lowest BCUT2D eigenvalue weighted by Gasteiger charge is -2.08. The third kappa shape index (κ3) is 3.89. The zero-order valence-electron chi connectivity index (χ0n) is 21.0. The molecule has 0 saturated heterocycles. The van der Waals surface area contributed by atoms with Crippen LogP contribution in [0.25, 0.3) is 52.7 Å². The van der Waals surface area contributed by atoms with E-state index >= 15 is 0 Å². The highest BCUT2D eigenvalue weighted by atomic mass is 32.1. The number of nitrogens with zero attached hydrogens (tertiary/aromatic N) is 4. The number of fused-ring (bicyclic) bond motifs is 2. The van der Waals surface area contributed by atoms with Gasteiger partial charge in [-0.25, -0.2) is 9.97 Å². The van der Waals surface area contributed by atoms with Crippen molar-refractivity contribution in [1.82, 2.24) is 19.1 Å². The number of rotatable bonds is 5. The van der Waals surface area contributed by atoms with Crippen LogP contribution in [0, 0.1) is 0 Å². The van der Waals surface area contributed by atoms with Crippen LogP contribution in [0.3, 0.4) is 0 Å². The topological polar surface area (TPSA) is 88.2 Å². The number of aromatic nitrogens is 4. The van der Waals surface area contributed by atoms with Crippen LogP contribution < -0.4 is 20.6 Å². The molecule has 0 aliphatic carbocycles. The quantitative estimate of drug-likeness (QED) is 0.293. The zero-order valence-corrected chi connectivity index (χ0v) is 22.6. The van der Waals surface area contributed by atoms with Crippen LogP contribution in [0.1, 0.15) is 0 Å². The predicted octanol–water partition coefficient (Wildman–Crippen LogP) is 5.32. The van der Waals surface area contributed by atoms with E-state index in [1.165, 1.54) is 22.7 Å². The van der Waals surface area contributed by atoms with Crippen molar-refractivity contribution in [3.05, 3.63) is 81.4 Å². The first kappa shape index (κ1) is 24.1. The Kier molecular flexibility index (Phi) is 5.85. The number of aryl methyl sites for hydroxylation is 2. The van der Waals surface area contributed by atoms with Crippen molar-refractivity contribution in [2.24, 2.45) is 14.1 Å². The molecule has 6 aromatic heterocycles. The lowest BCUT2D eigenvalue weighted by Crippen LogP contribution is -2.18. The Morgan fingerprint density at radius 3 is 1.39 bits per heavy atom. The average Bonchev–Trinajstić information content (AvgIpc) is 3.62. The second-order valence-corrected chi connectivity index (χ2v) is 10.9. The second kappa shape index (κ2) is 9.23. The molecule has 190 valence electrons. The van der Waals surface area contributed by atoms with Crippen LogP contribution in [0.2, 0.25) is 0 Å². The van der Waals surface area contributed by atoms with E-state index in [1.54, 1.807) is 49.6 Å². The molecule has 6 rings (SSSR count). The minimum absolute atomic E-state index is 0.0904. The van der Waals surface area contributed by atoms with Crippen molar-refractivity contribution < 1.29 is 9.47 Å². The van der Waals surface area contributed by atoms with Gasteiger partial charge in [0.2, 0.25) is 11.8 Å². The van der Waals surface area contributed by atoms with Gasteiger partial charge in [-0.15, -0.1) is 22.7 Å². The van der Waals surface area contributed by atoms with E-state index in [2.05, 4.69) is 9.97 Å². The first-order valence-electron chi connectivity index (χ1n) is 11.7. The Morgan fingerprint density at radius 2 is 1.00 bits per heavy atom. The van der Waals surface area contributed by atoms with Gasteiger partial charge in [0, 0.05) is 45.7 Å². The second-order valence-electron chi connectivity index (χ2n) is 8.69. The van der Waals surface area contributed by atoms with Gasteiger partial charge in [-0.2, -0.15) is 0 Å². The SMILES string of the molecule is COc1ccc2c(cc(-c3ccc(-c4ccc(-c5cc6nc(OC)ccc6n(C)c5=O)s4)s3)c(=O)n2C)n1. The molecule has 8 nitrogen and oxygen atoms in total. The fourth-order valence-electron chi connectivity index (χ4n) is 4.47. The van der Waals surface area contributed by atoms with Crippen molar-refractivity contribution >= 4 is 44.7 Å². The number of ether oxygens (including phenoxy) is 2. The van der Waals surface area contributed by atoms with E-state index in [4.69, 9.17) is 9.47 Å². The van der Waals surface area contributed by atoms with Crippen molar-refractivity contribution in [2.75, 3.05) is 14.2 Å². The van der Waals surface area contributed by atoms with E-state index in [0.29, 0.717) is 33.9 Å². The number of hydrogen-bond acceptors (Lipinski definition) is 8. The highest BCUT2D eigenvalue weighted by Crippen LogP contribution is 2.40. The molecule has 0 saturated carbocycles. The Balaban J connectivity index is 1.40. The molecular formula is C28H22N4O4S2. The highest BCUT2D eigenvalue weighted by molar-refractivity contribution is 7.25. The highest BCUT2D eigenvalue weighted by Gasteiger charge is 2.16. The van der Waals surface area contributed by atoms with Crippen LogP contribution in [0.5, 0.6) is 11.8 Å². The first-order valence-corrected chi connectivity index (χ1v) is 13.3. The van der Waals surface area contributed by atoms with Crippen molar-refractivity contribution in [1.29, 1.82) is 0 Å². The molecule has 0 amide bonds. The molecule has 0 unspecified atom stereocenters. The zero-order chi connectivity index (χ0) is 26.6. The normalized spacial score (nSPS) is 11.4. The smallest absolute Gasteiger partial charge is 0.259 e. The molecule has 0 aliphatic rings. The van der Waals surface area contributed by atoms with Gasteiger partial charge in [-0.05, 0) is 48.5 Å². The first-order chi connectivity index (χ1) is 18.4. The third-order valence-electron chi connectivity index (χ3n) is 6.51. The molecule has 6 heterocycles. The molecule has 10 heteroatoms. The standard InChI is InChI=1S/C28H22N4O4S2/c1-31-19-5-11-25(35-3)29-17(19)13-15(27(31)33)21-7-9-23(37-21)24-10-8-22(38-24)16-14-18-20(32(2)28(16)34)6-12-26(30-18)36-4/h5-14H,1-4H3. The van der Waals surface area contributed by atoms with Gasteiger partial charge < -0.3 is 18.6 Å². The molecular weight excluding hydrogens is 520 g/mol. The van der Waals surface area contributed by atoms with Crippen LogP contribution in [-0.4, -0.2) is 33.3 Å². The van der Waals surface area contributed by atoms with Crippen LogP contribution >= 0.6 is 22.7 Å². The van der Waals surface area contributed by atoms with Gasteiger partial charge in [0.25, 0.3) is 11.1 Å². The Labute approximate surface area is 225 Å². The molecule has 0 atom stereocenters. The van der Waals surface area contributed by atoms with Crippen LogP contribution in [0.4, 0.5) is 0 Å². The maximum atomic E-state index is 13.2.